The number of hydrogen-bond acceptors (Lipinski definition) is 2. The van der Waals surface area contributed by atoms with Gasteiger partial charge >= 0.3 is 0 Å². The van der Waals surface area contributed by atoms with Crippen molar-refractivity contribution in [2.24, 2.45) is 5.92 Å². The van der Waals surface area contributed by atoms with Gasteiger partial charge < -0.3 is 5.32 Å². The van der Waals surface area contributed by atoms with Gasteiger partial charge in [-0.05, 0) is 43.1 Å². The first kappa shape index (κ1) is 16.9. The summed E-state index contributed by atoms with van der Waals surface area (Å²) >= 11 is 5.74. The molecule has 24 heavy (non-hydrogen) atoms. The first-order valence-corrected chi connectivity index (χ1v) is 8.52. The van der Waals surface area contributed by atoms with Crippen LogP contribution in [0.4, 0.5) is 10.1 Å². The Labute approximate surface area is 146 Å². The summed E-state index contributed by atoms with van der Waals surface area (Å²) in [6.07, 6.45) is 1.79. The highest BCUT2D eigenvalue weighted by molar-refractivity contribution is 6.30. The van der Waals surface area contributed by atoms with Crippen molar-refractivity contribution in [2.75, 3.05) is 18.4 Å². The number of carbonyl (C=O) groups excluding carboxylic acids is 1. The molecule has 2 aromatic rings. The van der Waals surface area contributed by atoms with Crippen molar-refractivity contribution in [3.05, 3.63) is 64.9 Å². The van der Waals surface area contributed by atoms with Gasteiger partial charge in [-0.15, -0.1) is 0 Å². The van der Waals surface area contributed by atoms with Crippen LogP contribution in [0.3, 0.4) is 0 Å². The lowest BCUT2D eigenvalue weighted by Crippen LogP contribution is -2.40. The molecule has 0 bridgehead atoms. The number of carbonyl (C=O) groups is 1. The van der Waals surface area contributed by atoms with Crippen LogP contribution >= 0.6 is 11.6 Å². The van der Waals surface area contributed by atoms with Gasteiger partial charge in [-0.1, -0.05) is 41.9 Å². The van der Waals surface area contributed by atoms with E-state index < -0.39 is 5.82 Å². The Kier molecular flexibility index (Phi) is 5.48. The number of anilines is 1. The maximum atomic E-state index is 13.8. The standard InChI is InChI=1S/C19H20ClFN2O/c20-16-8-9-18(17(21)11-16)22-19(24)15-7-4-10-23(13-15)12-14-5-2-1-3-6-14/h1-3,5-6,8-9,11,15H,4,7,10,12-13H2,(H,22,24)/t15-/m0/s1. The molecule has 1 amide bonds. The van der Waals surface area contributed by atoms with E-state index in [1.54, 1.807) is 6.07 Å². The fraction of sp³-hybridized carbons (Fsp3) is 0.316. The van der Waals surface area contributed by atoms with E-state index in [-0.39, 0.29) is 17.5 Å². The van der Waals surface area contributed by atoms with E-state index in [2.05, 4.69) is 22.3 Å². The van der Waals surface area contributed by atoms with E-state index in [1.807, 2.05) is 18.2 Å². The van der Waals surface area contributed by atoms with Gasteiger partial charge in [0.1, 0.15) is 5.82 Å². The van der Waals surface area contributed by atoms with Crippen LogP contribution in [0.1, 0.15) is 18.4 Å². The third kappa shape index (κ3) is 4.34. The molecular weight excluding hydrogens is 327 g/mol. The molecule has 126 valence electrons. The van der Waals surface area contributed by atoms with Gasteiger partial charge in [-0.25, -0.2) is 4.39 Å². The normalized spacial score (nSPS) is 18.3. The third-order valence-electron chi connectivity index (χ3n) is 4.31. The van der Waals surface area contributed by atoms with Crippen molar-refractivity contribution in [3.63, 3.8) is 0 Å². The lowest BCUT2D eigenvalue weighted by atomic mass is 9.96. The summed E-state index contributed by atoms with van der Waals surface area (Å²) in [4.78, 5) is 14.7. The van der Waals surface area contributed by atoms with E-state index in [1.165, 1.54) is 17.7 Å². The minimum Gasteiger partial charge on any atom is -0.323 e. The third-order valence-corrected chi connectivity index (χ3v) is 4.55. The monoisotopic (exact) mass is 346 g/mol. The summed E-state index contributed by atoms with van der Waals surface area (Å²) < 4.78 is 13.8. The number of nitrogens with zero attached hydrogens (tertiary/aromatic N) is 1. The molecule has 1 heterocycles. The van der Waals surface area contributed by atoms with Crippen molar-refractivity contribution >= 4 is 23.2 Å². The Morgan fingerprint density at radius 3 is 2.79 bits per heavy atom. The quantitative estimate of drug-likeness (QED) is 0.893. The van der Waals surface area contributed by atoms with Crippen molar-refractivity contribution in [3.8, 4) is 0 Å². The van der Waals surface area contributed by atoms with Gasteiger partial charge in [0.15, 0.2) is 0 Å². The molecule has 1 aliphatic heterocycles. The van der Waals surface area contributed by atoms with Crippen LogP contribution < -0.4 is 5.32 Å². The molecule has 3 nitrogen and oxygen atoms in total. The lowest BCUT2D eigenvalue weighted by molar-refractivity contribution is -0.121. The molecule has 0 unspecified atom stereocenters. The second-order valence-electron chi connectivity index (χ2n) is 6.17. The number of benzene rings is 2. The van der Waals surface area contributed by atoms with Gasteiger partial charge in [0.05, 0.1) is 11.6 Å². The molecular formula is C19H20ClFN2O. The smallest absolute Gasteiger partial charge is 0.228 e. The Bertz CT molecular complexity index is 708. The molecule has 2 aromatic carbocycles. The highest BCUT2D eigenvalue weighted by Gasteiger charge is 2.26. The number of rotatable bonds is 4. The SMILES string of the molecule is O=C(Nc1ccc(Cl)cc1F)[C@H]1CCCN(Cc2ccccc2)C1. The highest BCUT2D eigenvalue weighted by Crippen LogP contribution is 2.23. The fourth-order valence-corrected chi connectivity index (χ4v) is 3.24. The summed E-state index contributed by atoms with van der Waals surface area (Å²) in [5, 5.41) is 3.01. The average molecular weight is 347 g/mol. The van der Waals surface area contributed by atoms with E-state index in [4.69, 9.17) is 11.6 Å². The van der Waals surface area contributed by atoms with Crippen molar-refractivity contribution in [2.45, 2.75) is 19.4 Å². The Morgan fingerprint density at radius 2 is 2.04 bits per heavy atom. The van der Waals surface area contributed by atoms with Gasteiger partial charge in [0.2, 0.25) is 5.91 Å². The second-order valence-corrected chi connectivity index (χ2v) is 6.61. The Hall–Kier alpha value is -1.91. The highest BCUT2D eigenvalue weighted by atomic mass is 35.5. The summed E-state index contributed by atoms with van der Waals surface area (Å²) in [6, 6.07) is 14.5. The van der Waals surface area contributed by atoms with Crippen molar-refractivity contribution in [1.29, 1.82) is 0 Å². The summed E-state index contributed by atoms with van der Waals surface area (Å²) in [7, 11) is 0. The first-order valence-electron chi connectivity index (χ1n) is 8.14. The zero-order valence-corrected chi connectivity index (χ0v) is 14.1. The number of amides is 1. The van der Waals surface area contributed by atoms with Crippen LogP contribution in [0, 0.1) is 11.7 Å². The van der Waals surface area contributed by atoms with Crippen LogP contribution in [0.25, 0.3) is 0 Å². The average Bonchev–Trinajstić information content (AvgIpc) is 2.58. The minimum absolute atomic E-state index is 0.127. The molecule has 5 heteroatoms. The molecule has 1 N–H and O–H groups in total. The predicted octanol–water partition coefficient (Wildman–Crippen LogP) is 4.33. The van der Waals surface area contributed by atoms with Gasteiger partial charge in [-0.3, -0.25) is 9.69 Å². The number of piperidine rings is 1. The predicted molar refractivity (Wildman–Crippen MR) is 94.5 cm³/mol. The number of hydrogen-bond donors (Lipinski definition) is 1. The molecule has 1 saturated heterocycles. The van der Waals surface area contributed by atoms with Crippen molar-refractivity contribution in [1.82, 2.24) is 4.90 Å². The molecule has 1 aliphatic rings. The van der Waals surface area contributed by atoms with E-state index in [0.717, 1.165) is 25.9 Å². The van der Waals surface area contributed by atoms with Gasteiger partial charge in [0.25, 0.3) is 0 Å². The zero-order valence-electron chi connectivity index (χ0n) is 13.3. The Balaban J connectivity index is 1.60. The van der Waals surface area contributed by atoms with Crippen LogP contribution in [-0.4, -0.2) is 23.9 Å². The largest absolute Gasteiger partial charge is 0.323 e. The number of nitrogens with one attached hydrogen (secondary N) is 1. The number of likely N-dealkylation sites (tertiary alicyclic amines) is 1. The molecule has 0 aromatic heterocycles. The van der Waals surface area contributed by atoms with E-state index >= 15 is 0 Å². The van der Waals surface area contributed by atoms with Crippen LogP contribution in [0.2, 0.25) is 5.02 Å². The topological polar surface area (TPSA) is 32.3 Å². The maximum absolute atomic E-state index is 13.8. The van der Waals surface area contributed by atoms with Crippen LogP contribution in [-0.2, 0) is 11.3 Å². The summed E-state index contributed by atoms with van der Waals surface area (Å²) in [6.45, 7) is 2.50. The molecule has 0 spiro atoms. The van der Waals surface area contributed by atoms with Gasteiger partial charge in [0, 0.05) is 18.1 Å². The van der Waals surface area contributed by atoms with Crippen LogP contribution in [0.15, 0.2) is 48.5 Å². The van der Waals surface area contributed by atoms with E-state index in [9.17, 15) is 9.18 Å². The molecule has 0 radical (unpaired) electrons. The summed E-state index contributed by atoms with van der Waals surface area (Å²) in [5.74, 6) is -0.765. The second kappa shape index (κ2) is 7.77. The number of halogens is 2. The molecule has 1 atom stereocenters. The van der Waals surface area contributed by atoms with E-state index in [0.29, 0.717) is 11.6 Å². The molecule has 1 fully saturated rings. The molecule has 3 rings (SSSR count). The lowest BCUT2D eigenvalue weighted by Gasteiger charge is -2.32. The maximum Gasteiger partial charge on any atom is 0.228 e. The molecule has 0 saturated carbocycles. The summed E-state index contributed by atoms with van der Waals surface area (Å²) in [5.41, 5.74) is 1.42. The van der Waals surface area contributed by atoms with Gasteiger partial charge in [-0.2, -0.15) is 0 Å². The first-order chi connectivity index (χ1) is 11.6. The fourth-order valence-electron chi connectivity index (χ4n) is 3.08. The van der Waals surface area contributed by atoms with Crippen molar-refractivity contribution < 1.29 is 9.18 Å². The van der Waals surface area contributed by atoms with Crippen LogP contribution in [0.5, 0.6) is 0 Å². The minimum atomic E-state index is -0.507. The zero-order chi connectivity index (χ0) is 16.9. The Morgan fingerprint density at radius 1 is 1.25 bits per heavy atom. The molecule has 0 aliphatic carbocycles.